The predicted molar refractivity (Wildman–Crippen MR) is 57.7 cm³/mol. The minimum atomic E-state index is 0.619. The topological polar surface area (TPSA) is 54.7 Å². The smallest absolute Gasteiger partial charge is 0.119 e. The van der Waals surface area contributed by atoms with Crippen LogP contribution in [-0.2, 0) is 0 Å². The molecule has 76 valence electrons. The van der Waals surface area contributed by atoms with E-state index in [1.807, 2.05) is 24.3 Å². The van der Waals surface area contributed by atoms with Crippen molar-refractivity contribution in [3.8, 4) is 5.75 Å². The third kappa shape index (κ3) is 1.74. The molecule has 15 heavy (non-hydrogen) atoms. The maximum Gasteiger partial charge on any atom is 0.119 e. The fourth-order valence-electron chi connectivity index (χ4n) is 1.45. The molecule has 1 aromatic heterocycles. The van der Waals surface area contributed by atoms with E-state index in [1.54, 1.807) is 13.3 Å². The molecule has 0 amide bonds. The number of oxime groups is 1. The zero-order valence-corrected chi connectivity index (χ0v) is 8.21. The summed E-state index contributed by atoms with van der Waals surface area (Å²) in [6, 6.07) is 7.57. The van der Waals surface area contributed by atoms with Gasteiger partial charge < -0.3 is 9.94 Å². The van der Waals surface area contributed by atoms with Crippen LogP contribution in [0.5, 0.6) is 5.75 Å². The van der Waals surface area contributed by atoms with Crippen molar-refractivity contribution in [2.45, 2.75) is 0 Å². The number of hydrogen-bond donors (Lipinski definition) is 1. The molecule has 0 aliphatic carbocycles. The van der Waals surface area contributed by atoms with Gasteiger partial charge in [0.1, 0.15) is 5.75 Å². The fraction of sp³-hybridized carbons (Fsp3) is 0.0909. The van der Waals surface area contributed by atoms with Gasteiger partial charge in [-0.3, -0.25) is 4.98 Å². The van der Waals surface area contributed by atoms with Crippen LogP contribution in [0.2, 0.25) is 0 Å². The summed E-state index contributed by atoms with van der Waals surface area (Å²) >= 11 is 0. The van der Waals surface area contributed by atoms with Crippen molar-refractivity contribution in [3.63, 3.8) is 0 Å². The van der Waals surface area contributed by atoms with Crippen LogP contribution in [0, 0.1) is 0 Å². The second-order valence-electron chi connectivity index (χ2n) is 3.03. The summed E-state index contributed by atoms with van der Waals surface area (Å²) in [5.74, 6) is 0.753. The van der Waals surface area contributed by atoms with Crippen LogP contribution in [-0.4, -0.2) is 23.5 Å². The van der Waals surface area contributed by atoms with E-state index in [1.165, 1.54) is 6.21 Å². The molecule has 0 spiro atoms. The first-order chi connectivity index (χ1) is 7.35. The highest BCUT2D eigenvalue weighted by Gasteiger charge is 2.01. The molecule has 2 aromatic rings. The van der Waals surface area contributed by atoms with Gasteiger partial charge in [-0.15, -0.1) is 0 Å². The average molecular weight is 202 g/mol. The maximum atomic E-state index is 8.50. The fourth-order valence-corrected chi connectivity index (χ4v) is 1.45. The Balaban J connectivity index is 2.70. The Morgan fingerprint density at radius 1 is 1.40 bits per heavy atom. The first-order valence-corrected chi connectivity index (χ1v) is 4.45. The Bertz CT molecular complexity index is 509. The molecule has 0 aliphatic heterocycles. The predicted octanol–water partition coefficient (Wildman–Crippen LogP) is 2.05. The van der Waals surface area contributed by atoms with Gasteiger partial charge in [-0.2, -0.15) is 0 Å². The number of pyridine rings is 1. The zero-order valence-electron chi connectivity index (χ0n) is 8.21. The van der Waals surface area contributed by atoms with E-state index < -0.39 is 0 Å². The summed E-state index contributed by atoms with van der Waals surface area (Å²) in [7, 11) is 1.61. The SMILES string of the molecule is COc1ccc2ccnc(/C=N/O)c2c1. The molecule has 1 N–H and O–H groups in total. The van der Waals surface area contributed by atoms with Gasteiger partial charge in [-0.05, 0) is 23.6 Å². The highest BCUT2D eigenvalue weighted by atomic mass is 16.5. The Labute approximate surface area is 86.8 Å². The van der Waals surface area contributed by atoms with Crippen LogP contribution < -0.4 is 4.74 Å². The third-order valence-electron chi connectivity index (χ3n) is 2.18. The second kappa shape index (κ2) is 3.96. The lowest BCUT2D eigenvalue weighted by Gasteiger charge is -2.03. The number of benzene rings is 1. The highest BCUT2D eigenvalue weighted by molar-refractivity contribution is 5.98. The molecule has 0 saturated heterocycles. The van der Waals surface area contributed by atoms with Gasteiger partial charge in [0.15, 0.2) is 0 Å². The molecule has 1 heterocycles. The summed E-state index contributed by atoms with van der Waals surface area (Å²) < 4.78 is 5.12. The normalized spacial score (nSPS) is 11.0. The lowest BCUT2D eigenvalue weighted by atomic mass is 10.1. The van der Waals surface area contributed by atoms with Gasteiger partial charge in [0.2, 0.25) is 0 Å². The number of nitrogens with zero attached hydrogens (tertiary/aromatic N) is 2. The lowest BCUT2D eigenvalue weighted by Crippen LogP contribution is -1.90. The first-order valence-electron chi connectivity index (χ1n) is 4.45. The van der Waals surface area contributed by atoms with E-state index in [2.05, 4.69) is 10.1 Å². The summed E-state index contributed by atoms with van der Waals surface area (Å²) in [6.45, 7) is 0. The van der Waals surface area contributed by atoms with Crippen molar-refractivity contribution >= 4 is 17.0 Å². The van der Waals surface area contributed by atoms with Crippen LogP contribution in [0.4, 0.5) is 0 Å². The van der Waals surface area contributed by atoms with Crippen LogP contribution in [0.3, 0.4) is 0 Å². The van der Waals surface area contributed by atoms with Crippen LogP contribution in [0.25, 0.3) is 10.8 Å². The van der Waals surface area contributed by atoms with Crippen molar-refractivity contribution in [2.24, 2.45) is 5.16 Å². The Morgan fingerprint density at radius 2 is 2.27 bits per heavy atom. The van der Waals surface area contributed by atoms with Crippen LogP contribution in [0.15, 0.2) is 35.6 Å². The molecule has 0 fully saturated rings. The van der Waals surface area contributed by atoms with Crippen molar-refractivity contribution < 1.29 is 9.94 Å². The van der Waals surface area contributed by atoms with E-state index in [0.29, 0.717) is 5.69 Å². The molecule has 2 rings (SSSR count). The number of fused-ring (bicyclic) bond motifs is 1. The van der Waals surface area contributed by atoms with Gasteiger partial charge in [-0.1, -0.05) is 11.2 Å². The minimum absolute atomic E-state index is 0.619. The van der Waals surface area contributed by atoms with E-state index in [4.69, 9.17) is 9.94 Å². The quantitative estimate of drug-likeness (QED) is 0.460. The molecular weight excluding hydrogens is 192 g/mol. The molecule has 0 saturated carbocycles. The van der Waals surface area contributed by atoms with Gasteiger partial charge in [0.05, 0.1) is 19.0 Å². The Morgan fingerprint density at radius 3 is 3.00 bits per heavy atom. The lowest BCUT2D eigenvalue weighted by molar-refractivity contribution is 0.321. The largest absolute Gasteiger partial charge is 0.497 e. The molecule has 0 atom stereocenters. The molecule has 0 aliphatic rings. The summed E-state index contributed by atoms with van der Waals surface area (Å²) in [5, 5.41) is 13.4. The Kier molecular flexibility index (Phi) is 2.49. The highest BCUT2D eigenvalue weighted by Crippen LogP contribution is 2.21. The zero-order chi connectivity index (χ0) is 10.7. The van der Waals surface area contributed by atoms with Gasteiger partial charge in [-0.25, -0.2) is 0 Å². The van der Waals surface area contributed by atoms with Gasteiger partial charge >= 0.3 is 0 Å². The second-order valence-corrected chi connectivity index (χ2v) is 3.03. The van der Waals surface area contributed by atoms with Crippen molar-refractivity contribution in [2.75, 3.05) is 7.11 Å². The monoisotopic (exact) mass is 202 g/mol. The molecule has 0 radical (unpaired) electrons. The van der Waals surface area contributed by atoms with Crippen molar-refractivity contribution in [1.82, 2.24) is 4.98 Å². The number of ether oxygens (including phenoxy) is 1. The summed E-state index contributed by atoms with van der Waals surface area (Å²) in [4.78, 5) is 4.11. The standard InChI is InChI=1S/C11H10N2O2/c1-15-9-3-2-8-4-5-12-11(7-13-14)10(8)6-9/h2-7,14H,1H3/b13-7+. The molecule has 4 nitrogen and oxygen atoms in total. The van der Waals surface area contributed by atoms with Gasteiger partial charge in [0.25, 0.3) is 0 Å². The van der Waals surface area contributed by atoms with Crippen LogP contribution >= 0.6 is 0 Å². The molecule has 0 bridgehead atoms. The van der Waals surface area contributed by atoms with Crippen molar-refractivity contribution in [3.05, 3.63) is 36.2 Å². The van der Waals surface area contributed by atoms with E-state index in [9.17, 15) is 0 Å². The van der Waals surface area contributed by atoms with Crippen molar-refractivity contribution in [1.29, 1.82) is 0 Å². The number of hydrogen-bond acceptors (Lipinski definition) is 4. The Hall–Kier alpha value is -2.10. The van der Waals surface area contributed by atoms with E-state index in [0.717, 1.165) is 16.5 Å². The molecule has 4 heteroatoms. The summed E-state index contributed by atoms with van der Waals surface area (Å²) in [6.07, 6.45) is 2.98. The van der Waals surface area contributed by atoms with Gasteiger partial charge in [0, 0.05) is 11.6 Å². The molecule has 0 unspecified atom stereocenters. The summed E-state index contributed by atoms with van der Waals surface area (Å²) in [5.41, 5.74) is 0.619. The molecular formula is C11H10N2O2. The molecule has 1 aromatic carbocycles. The number of methoxy groups -OCH3 is 1. The average Bonchev–Trinajstić information content (AvgIpc) is 2.29. The minimum Gasteiger partial charge on any atom is -0.497 e. The number of aromatic nitrogens is 1. The maximum absolute atomic E-state index is 8.50. The van der Waals surface area contributed by atoms with E-state index >= 15 is 0 Å². The van der Waals surface area contributed by atoms with Crippen LogP contribution in [0.1, 0.15) is 5.69 Å². The third-order valence-corrected chi connectivity index (χ3v) is 2.18. The number of rotatable bonds is 2. The van der Waals surface area contributed by atoms with E-state index in [-0.39, 0.29) is 0 Å². The first kappa shape index (κ1) is 9.45.